The molecule has 1 saturated heterocycles. The number of benzene rings is 1. The average Bonchev–Trinajstić information content (AvgIpc) is 2.73. The van der Waals surface area contributed by atoms with Crippen LogP contribution in [-0.4, -0.2) is 46.2 Å². The molecule has 0 radical (unpaired) electrons. The van der Waals surface area contributed by atoms with Crippen LogP contribution in [0.3, 0.4) is 0 Å². The zero-order chi connectivity index (χ0) is 17.9. The van der Waals surface area contributed by atoms with Gasteiger partial charge < -0.3 is 9.80 Å². The van der Waals surface area contributed by atoms with E-state index in [0.717, 1.165) is 32.4 Å². The third-order valence-corrected chi connectivity index (χ3v) is 5.29. The summed E-state index contributed by atoms with van der Waals surface area (Å²) in [5, 5.41) is 0. The van der Waals surface area contributed by atoms with Crippen LogP contribution in [-0.2, 0) is 13.0 Å². The van der Waals surface area contributed by atoms with Gasteiger partial charge in [0.25, 0.3) is 11.8 Å². The van der Waals surface area contributed by atoms with Gasteiger partial charge >= 0.3 is 0 Å². The van der Waals surface area contributed by atoms with Crippen LogP contribution < -0.4 is 0 Å². The number of piperidine rings is 1. The van der Waals surface area contributed by atoms with Gasteiger partial charge in [-0.15, -0.1) is 0 Å². The Morgan fingerprint density at radius 1 is 0.808 bits per heavy atom. The smallest absolute Gasteiger partial charge is 0.255 e. The number of aromatic nitrogens is 1. The molecule has 1 fully saturated rings. The number of nitrogens with zero attached hydrogens (tertiary/aromatic N) is 3. The lowest BCUT2D eigenvalue weighted by molar-refractivity contribution is 0.0723. The van der Waals surface area contributed by atoms with Gasteiger partial charge in [-0.05, 0) is 42.9 Å². The molecule has 5 heteroatoms. The SMILES string of the molecule is O=C(c1cncc(C(=O)N2CCc3ccccc3C2)c1)N1CCCCC1. The van der Waals surface area contributed by atoms with Crippen molar-refractivity contribution in [2.24, 2.45) is 0 Å². The second-order valence-electron chi connectivity index (χ2n) is 7.06. The van der Waals surface area contributed by atoms with Crippen LogP contribution >= 0.6 is 0 Å². The first-order valence-corrected chi connectivity index (χ1v) is 9.33. The Bertz CT molecular complexity index is 828. The van der Waals surface area contributed by atoms with Crippen LogP contribution in [0.25, 0.3) is 0 Å². The fraction of sp³-hybridized carbons (Fsp3) is 0.381. The fourth-order valence-corrected chi connectivity index (χ4v) is 3.81. The molecule has 0 bridgehead atoms. The molecule has 26 heavy (non-hydrogen) atoms. The Hall–Kier alpha value is -2.69. The summed E-state index contributed by atoms with van der Waals surface area (Å²) in [6.07, 6.45) is 7.27. The Morgan fingerprint density at radius 3 is 2.19 bits per heavy atom. The Balaban J connectivity index is 1.51. The van der Waals surface area contributed by atoms with Crippen LogP contribution in [0, 0.1) is 0 Å². The molecule has 0 N–H and O–H groups in total. The highest BCUT2D eigenvalue weighted by atomic mass is 16.2. The molecule has 0 saturated carbocycles. The minimum atomic E-state index is -0.0553. The summed E-state index contributed by atoms with van der Waals surface area (Å²) in [4.78, 5) is 33.5. The van der Waals surface area contributed by atoms with Crippen molar-refractivity contribution in [3.05, 3.63) is 65.0 Å². The molecule has 0 spiro atoms. The van der Waals surface area contributed by atoms with Gasteiger partial charge in [0.2, 0.25) is 0 Å². The molecule has 2 amide bonds. The zero-order valence-corrected chi connectivity index (χ0v) is 14.9. The second kappa shape index (κ2) is 7.28. The molecule has 0 atom stereocenters. The topological polar surface area (TPSA) is 53.5 Å². The predicted octanol–water partition coefficient (Wildman–Crippen LogP) is 2.91. The minimum Gasteiger partial charge on any atom is -0.339 e. The molecule has 3 heterocycles. The second-order valence-corrected chi connectivity index (χ2v) is 7.06. The first-order valence-electron chi connectivity index (χ1n) is 9.33. The predicted molar refractivity (Wildman–Crippen MR) is 98.9 cm³/mol. The molecular formula is C21H23N3O2. The van der Waals surface area contributed by atoms with E-state index in [1.54, 1.807) is 18.5 Å². The number of amides is 2. The number of likely N-dealkylation sites (tertiary alicyclic amines) is 1. The summed E-state index contributed by atoms with van der Waals surface area (Å²) in [6.45, 7) is 2.89. The van der Waals surface area contributed by atoms with Gasteiger partial charge in [0.1, 0.15) is 0 Å². The number of hydrogen-bond donors (Lipinski definition) is 0. The number of fused-ring (bicyclic) bond motifs is 1. The van der Waals surface area contributed by atoms with Gasteiger partial charge in [-0.25, -0.2) is 0 Å². The maximum absolute atomic E-state index is 12.9. The highest BCUT2D eigenvalue weighted by Gasteiger charge is 2.24. The van der Waals surface area contributed by atoms with E-state index < -0.39 is 0 Å². The van der Waals surface area contributed by atoms with E-state index in [1.165, 1.54) is 17.5 Å². The van der Waals surface area contributed by atoms with Crippen molar-refractivity contribution in [1.82, 2.24) is 14.8 Å². The Morgan fingerprint density at radius 2 is 1.46 bits per heavy atom. The lowest BCUT2D eigenvalue weighted by atomic mass is 9.99. The van der Waals surface area contributed by atoms with Gasteiger partial charge in [0.15, 0.2) is 0 Å². The lowest BCUT2D eigenvalue weighted by Gasteiger charge is -2.29. The third-order valence-electron chi connectivity index (χ3n) is 5.29. The molecule has 5 nitrogen and oxygen atoms in total. The van der Waals surface area contributed by atoms with Crippen molar-refractivity contribution in [2.75, 3.05) is 19.6 Å². The molecule has 4 rings (SSSR count). The van der Waals surface area contributed by atoms with Gasteiger partial charge in [0, 0.05) is 38.6 Å². The van der Waals surface area contributed by atoms with Crippen LogP contribution in [0.1, 0.15) is 51.1 Å². The van der Waals surface area contributed by atoms with Crippen molar-refractivity contribution in [3.63, 3.8) is 0 Å². The number of carbonyl (C=O) groups is 2. The molecule has 2 aliphatic heterocycles. The van der Waals surface area contributed by atoms with Gasteiger partial charge in [-0.1, -0.05) is 24.3 Å². The molecule has 134 valence electrons. The van der Waals surface area contributed by atoms with Crippen LogP contribution in [0.4, 0.5) is 0 Å². The molecule has 2 aromatic rings. The van der Waals surface area contributed by atoms with Crippen LogP contribution in [0.2, 0.25) is 0 Å². The van der Waals surface area contributed by atoms with E-state index in [0.29, 0.717) is 24.2 Å². The van der Waals surface area contributed by atoms with Crippen molar-refractivity contribution >= 4 is 11.8 Å². The van der Waals surface area contributed by atoms with E-state index in [4.69, 9.17) is 0 Å². The highest BCUT2D eigenvalue weighted by molar-refractivity contribution is 5.99. The molecule has 2 aliphatic rings. The third kappa shape index (κ3) is 3.34. The summed E-state index contributed by atoms with van der Waals surface area (Å²) in [5.74, 6) is -0.0730. The van der Waals surface area contributed by atoms with E-state index >= 15 is 0 Å². The van der Waals surface area contributed by atoms with Crippen molar-refractivity contribution in [3.8, 4) is 0 Å². The normalized spacial score (nSPS) is 16.9. The fourth-order valence-electron chi connectivity index (χ4n) is 3.81. The van der Waals surface area contributed by atoms with E-state index in [1.807, 2.05) is 21.9 Å². The summed E-state index contributed by atoms with van der Waals surface area (Å²) < 4.78 is 0. The Labute approximate surface area is 153 Å². The average molecular weight is 349 g/mol. The maximum atomic E-state index is 12.9. The summed E-state index contributed by atoms with van der Waals surface area (Å²) in [5.41, 5.74) is 3.51. The number of carbonyl (C=O) groups excluding carboxylic acids is 2. The van der Waals surface area contributed by atoms with Crippen molar-refractivity contribution in [1.29, 1.82) is 0 Å². The standard InChI is InChI=1S/C21H23N3O2/c25-20(23-9-4-1-5-10-23)18-12-19(14-22-13-18)21(26)24-11-8-16-6-2-3-7-17(16)15-24/h2-3,6-7,12-14H,1,4-5,8-11,15H2. The molecule has 1 aromatic carbocycles. The quantitative estimate of drug-likeness (QED) is 0.838. The molecule has 0 unspecified atom stereocenters. The first kappa shape index (κ1) is 16.8. The summed E-state index contributed by atoms with van der Waals surface area (Å²) >= 11 is 0. The number of rotatable bonds is 2. The molecule has 1 aromatic heterocycles. The number of pyridine rings is 1. The van der Waals surface area contributed by atoms with E-state index in [2.05, 4.69) is 17.1 Å². The Kier molecular flexibility index (Phi) is 4.69. The first-order chi connectivity index (χ1) is 12.7. The molecule has 0 aliphatic carbocycles. The van der Waals surface area contributed by atoms with Gasteiger partial charge in [-0.2, -0.15) is 0 Å². The number of hydrogen-bond acceptors (Lipinski definition) is 3. The maximum Gasteiger partial charge on any atom is 0.255 e. The van der Waals surface area contributed by atoms with E-state index in [9.17, 15) is 9.59 Å². The van der Waals surface area contributed by atoms with Gasteiger partial charge in [-0.3, -0.25) is 14.6 Å². The van der Waals surface area contributed by atoms with Crippen LogP contribution in [0.5, 0.6) is 0 Å². The van der Waals surface area contributed by atoms with Crippen LogP contribution in [0.15, 0.2) is 42.7 Å². The van der Waals surface area contributed by atoms with Crippen molar-refractivity contribution in [2.45, 2.75) is 32.2 Å². The van der Waals surface area contributed by atoms with Crippen molar-refractivity contribution < 1.29 is 9.59 Å². The van der Waals surface area contributed by atoms with E-state index in [-0.39, 0.29) is 11.8 Å². The highest BCUT2D eigenvalue weighted by Crippen LogP contribution is 2.21. The van der Waals surface area contributed by atoms with Gasteiger partial charge in [0.05, 0.1) is 11.1 Å². The summed E-state index contributed by atoms with van der Waals surface area (Å²) in [6, 6.07) is 9.94. The lowest BCUT2D eigenvalue weighted by Crippen LogP contribution is -2.37. The zero-order valence-electron chi connectivity index (χ0n) is 14.9. The monoisotopic (exact) mass is 349 g/mol. The minimum absolute atomic E-state index is 0.0177. The summed E-state index contributed by atoms with van der Waals surface area (Å²) in [7, 11) is 0. The molecular weight excluding hydrogens is 326 g/mol. The largest absolute Gasteiger partial charge is 0.339 e.